The molecule has 1 aliphatic heterocycles. The molecular weight excluding hydrogens is 268 g/mol. The highest BCUT2D eigenvalue weighted by atomic mass is 16.5. The Morgan fingerprint density at radius 2 is 2.10 bits per heavy atom. The van der Waals surface area contributed by atoms with Crippen molar-refractivity contribution >= 4 is 11.9 Å². The van der Waals surface area contributed by atoms with Gasteiger partial charge in [-0.15, -0.1) is 0 Å². The number of anilines is 1. The summed E-state index contributed by atoms with van der Waals surface area (Å²) in [6.07, 6.45) is 4.70. The quantitative estimate of drug-likeness (QED) is 0.910. The minimum absolute atomic E-state index is 0.0852. The maximum atomic E-state index is 12.4. The summed E-state index contributed by atoms with van der Waals surface area (Å²) >= 11 is 0. The lowest BCUT2D eigenvalue weighted by molar-refractivity contribution is -0.00483. The Bertz CT molecular complexity index is 516. The number of hydrogen-bond acceptors (Lipinski definition) is 4. The molecule has 2 heterocycles. The first-order valence-corrected chi connectivity index (χ1v) is 7.77. The number of carbonyl (C=O) groups is 1. The largest absolute Gasteiger partial charge is 0.338 e. The predicted molar refractivity (Wildman–Crippen MR) is 79.9 cm³/mol. The number of amides is 2. The lowest BCUT2D eigenvalue weighted by Gasteiger charge is -2.39. The molecule has 1 aromatic heterocycles. The second-order valence-corrected chi connectivity index (χ2v) is 6.98. The Balaban J connectivity index is 1.64. The van der Waals surface area contributed by atoms with Crippen LogP contribution in [0.15, 0.2) is 10.6 Å². The Kier molecular flexibility index (Phi) is 3.65. The van der Waals surface area contributed by atoms with Crippen LogP contribution in [0.3, 0.4) is 0 Å². The highest BCUT2D eigenvalue weighted by molar-refractivity contribution is 5.87. The SMILES string of the molecule is CC(C)(C)c1cc(NC(=O)N2CCCN2C2CCC2)on1. The van der Waals surface area contributed by atoms with Crippen molar-refractivity contribution in [2.45, 2.75) is 57.9 Å². The van der Waals surface area contributed by atoms with E-state index < -0.39 is 0 Å². The number of urea groups is 1. The van der Waals surface area contributed by atoms with Crippen LogP contribution < -0.4 is 5.32 Å². The van der Waals surface area contributed by atoms with E-state index in [1.807, 2.05) is 11.1 Å². The van der Waals surface area contributed by atoms with Crippen molar-refractivity contribution in [1.82, 2.24) is 15.2 Å². The van der Waals surface area contributed by atoms with Gasteiger partial charge in [0.2, 0.25) is 5.88 Å². The Morgan fingerprint density at radius 3 is 2.67 bits per heavy atom. The maximum Gasteiger partial charge on any atom is 0.338 e. The number of nitrogens with one attached hydrogen (secondary N) is 1. The van der Waals surface area contributed by atoms with Crippen LogP contribution in [0.5, 0.6) is 0 Å². The predicted octanol–water partition coefficient (Wildman–Crippen LogP) is 2.98. The van der Waals surface area contributed by atoms with E-state index in [4.69, 9.17) is 4.52 Å². The summed E-state index contributed by atoms with van der Waals surface area (Å²) in [6.45, 7) is 7.95. The Labute approximate surface area is 125 Å². The number of aromatic nitrogens is 1. The van der Waals surface area contributed by atoms with E-state index in [0.29, 0.717) is 11.9 Å². The fourth-order valence-corrected chi connectivity index (χ4v) is 2.77. The Hall–Kier alpha value is -1.56. The molecule has 3 rings (SSSR count). The van der Waals surface area contributed by atoms with Crippen molar-refractivity contribution in [2.75, 3.05) is 18.4 Å². The highest BCUT2D eigenvalue weighted by Crippen LogP contribution is 2.29. The highest BCUT2D eigenvalue weighted by Gasteiger charge is 2.35. The van der Waals surface area contributed by atoms with E-state index in [-0.39, 0.29) is 11.4 Å². The zero-order valence-corrected chi connectivity index (χ0v) is 13.1. The van der Waals surface area contributed by atoms with Gasteiger partial charge in [-0.2, -0.15) is 0 Å². The van der Waals surface area contributed by atoms with Crippen LogP contribution in [0.25, 0.3) is 0 Å². The standard InChI is InChI=1S/C15H24N4O2/c1-15(2,3)12-10-13(21-17-12)16-14(20)19-9-5-8-18(19)11-6-4-7-11/h10-11H,4-9H2,1-3H3,(H,16,20). The monoisotopic (exact) mass is 292 g/mol. The van der Waals surface area contributed by atoms with Gasteiger partial charge in [-0.25, -0.2) is 9.80 Å². The smallest absolute Gasteiger partial charge is 0.338 e. The zero-order valence-electron chi connectivity index (χ0n) is 13.1. The van der Waals surface area contributed by atoms with E-state index in [1.165, 1.54) is 19.3 Å². The Morgan fingerprint density at radius 1 is 1.33 bits per heavy atom. The topological polar surface area (TPSA) is 61.6 Å². The summed E-state index contributed by atoms with van der Waals surface area (Å²) in [6, 6.07) is 2.23. The molecule has 0 atom stereocenters. The minimum Gasteiger partial charge on any atom is -0.338 e. The van der Waals surface area contributed by atoms with Crippen LogP contribution in [-0.4, -0.2) is 40.3 Å². The third-order valence-electron chi connectivity index (χ3n) is 4.31. The van der Waals surface area contributed by atoms with Crippen LogP contribution >= 0.6 is 0 Å². The summed E-state index contributed by atoms with van der Waals surface area (Å²) in [5.74, 6) is 0.422. The number of rotatable bonds is 2. The molecule has 6 heteroatoms. The second-order valence-electron chi connectivity index (χ2n) is 6.98. The summed E-state index contributed by atoms with van der Waals surface area (Å²) in [5, 5.41) is 10.9. The molecule has 1 saturated carbocycles. The van der Waals surface area contributed by atoms with Gasteiger partial charge in [-0.3, -0.25) is 10.3 Å². The number of hydrazine groups is 1. The average Bonchev–Trinajstić information content (AvgIpc) is 2.94. The van der Waals surface area contributed by atoms with E-state index in [1.54, 1.807) is 0 Å². The van der Waals surface area contributed by atoms with Crippen molar-refractivity contribution in [1.29, 1.82) is 0 Å². The lowest BCUT2D eigenvalue weighted by Crippen LogP contribution is -2.51. The molecule has 1 aromatic rings. The molecule has 2 aliphatic rings. The van der Waals surface area contributed by atoms with Gasteiger partial charge in [0, 0.05) is 30.6 Å². The van der Waals surface area contributed by atoms with Gasteiger partial charge >= 0.3 is 6.03 Å². The molecule has 116 valence electrons. The van der Waals surface area contributed by atoms with Crippen LogP contribution in [0.1, 0.15) is 52.1 Å². The summed E-state index contributed by atoms with van der Waals surface area (Å²) in [7, 11) is 0. The van der Waals surface area contributed by atoms with Gasteiger partial charge < -0.3 is 4.52 Å². The van der Waals surface area contributed by atoms with Crippen LogP contribution in [-0.2, 0) is 5.41 Å². The van der Waals surface area contributed by atoms with Gasteiger partial charge in [0.15, 0.2) is 0 Å². The zero-order chi connectivity index (χ0) is 15.0. The maximum absolute atomic E-state index is 12.4. The van der Waals surface area contributed by atoms with Crippen LogP contribution in [0.4, 0.5) is 10.7 Å². The van der Waals surface area contributed by atoms with Gasteiger partial charge in [-0.1, -0.05) is 32.3 Å². The van der Waals surface area contributed by atoms with Gasteiger partial charge in [0.05, 0.1) is 5.69 Å². The van der Waals surface area contributed by atoms with E-state index in [2.05, 4.69) is 36.3 Å². The van der Waals surface area contributed by atoms with Crippen molar-refractivity contribution in [3.63, 3.8) is 0 Å². The first-order valence-electron chi connectivity index (χ1n) is 7.77. The van der Waals surface area contributed by atoms with E-state index in [0.717, 1.165) is 25.2 Å². The van der Waals surface area contributed by atoms with E-state index in [9.17, 15) is 4.79 Å². The first kappa shape index (κ1) is 14.4. The summed E-state index contributed by atoms with van der Waals surface area (Å²) in [5.41, 5.74) is 0.757. The summed E-state index contributed by atoms with van der Waals surface area (Å²) < 4.78 is 5.23. The number of hydrogen-bond donors (Lipinski definition) is 1. The van der Waals surface area contributed by atoms with Crippen LogP contribution in [0, 0.1) is 0 Å². The number of carbonyl (C=O) groups excluding carboxylic acids is 1. The second kappa shape index (κ2) is 5.33. The molecular formula is C15H24N4O2. The molecule has 6 nitrogen and oxygen atoms in total. The molecule has 1 aliphatic carbocycles. The lowest BCUT2D eigenvalue weighted by atomic mass is 9.92. The molecule has 21 heavy (non-hydrogen) atoms. The molecule has 0 unspecified atom stereocenters. The molecule has 0 spiro atoms. The van der Waals surface area contributed by atoms with E-state index >= 15 is 0 Å². The van der Waals surface area contributed by atoms with Gasteiger partial charge in [-0.05, 0) is 19.3 Å². The minimum atomic E-state index is -0.115. The van der Waals surface area contributed by atoms with Crippen LogP contribution in [0.2, 0.25) is 0 Å². The molecule has 2 amide bonds. The fraction of sp³-hybridized carbons (Fsp3) is 0.733. The molecule has 1 N–H and O–H groups in total. The fourth-order valence-electron chi connectivity index (χ4n) is 2.77. The number of nitrogens with zero attached hydrogens (tertiary/aromatic N) is 3. The van der Waals surface area contributed by atoms with Crippen molar-refractivity contribution < 1.29 is 9.32 Å². The van der Waals surface area contributed by atoms with Crippen molar-refractivity contribution in [3.8, 4) is 0 Å². The van der Waals surface area contributed by atoms with Gasteiger partial charge in [0.1, 0.15) is 0 Å². The van der Waals surface area contributed by atoms with Crippen molar-refractivity contribution in [2.24, 2.45) is 0 Å². The molecule has 2 fully saturated rings. The molecule has 1 saturated heterocycles. The first-order chi connectivity index (χ1) is 9.95. The average molecular weight is 292 g/mol. The summed E-state index contributed by atoms with van der Waals surface area (Å²) in [4.78, 5) is 12.4. The molecule has 0 aromatic carbocycles. The van der Waals surface area contributed by atoms with Crippen molar-refractivity contribution in [3.05, 3.63) is 11.8 Å². The normalized spacial score (nSPS) is 20.6. The molecule has 0 bridgehead atoms. The third-order valence-corrected chi connectivity index (χ3v) is 4.31. The van der Waals surface area contributed by atoms with Gasteiger partial charge in [0.25, 0.3) is 0 Å². The third kappa shape index (κ3) is 2.90. The molecule has 0 radical (unpaired) electrons.